The third-order valence-electron chi connectivity index (χ3n) is 3.77. The van der Waals surface area contributed by atoms with Crippen LogP contribution in [-0.2, 0) is 4.79 Å². The van der Waals surface area contributed by atoms with Crippen molar-refractivity contribution in [3.05, 3.63) is 28.8 Å². The maximum absolute atomic E-state index is 12.6. The normalized spacial score (nSPS) is 18.5. The van der Waals surface area contributed by atoms with Crippen LogP contribution in [0.3, 0.4) is 0 Å². The first kappa shape index (κ1) is 15.6. The van der Waals surface area contributed by atoms with Crippen LogP contribution in [0.2, 0.25) is 5.02 Å². The molecule has 21 heavy (non-hydrogen) atoms. The lowest BCUT2D eigenvalue weighted by atomic mass is 9.96. The van der Waals surface area contributed by atoms with Gasteiger partial charge >= 0.3 is 5.97 Å². The summed E-state index contributed by atoms with van der Waals surface area (Å²) in [6.45, 7) is 0.578. The van der Waals surface area contributed by atoms with Crippen molar-refractivity contribution in [1.29, 1.82) is 0 Å². The van der Waals surface area contributed by atoms with E-state index >= 15 is 0 Å². The Labute approximate surface area is 128 Å². The van der Waals surface area contributed by atoms with Gasteiger partial charge in [0.1, 0.15) is 5.75 Å². The Morgan fingerprint density at radius 1 is 1.33 bits per heavy atom. The number of benzene rings is 1. The van der Waals surface area contributed by atoms with Gasteiger partial charge in [0.15, 0.2) is 0 Å². The molecule has 5 nitrogen and oxygen atoms in total. The molecular formula is C15H18ClNO4. The Bertz CT molecular complexity index is 546. The second-order valence-electron chi connectivity index (χ2n) is 5.24. The molecule has 0 aliphatic carbocycles. The number of piperidine rings is 1. The smallest absolute Gasteiger partial charge is 0.303 e. The molecule has 0 saturated carbocycles. The number of carbonyl (C=O) groups excluding carboxylic acids is 1. The number of phenols is 1. The van der Waals surface area contributed by atoms with Crippen LogP contribution in [0.5, 0.6) is 5.75 Å². The Hall–Kier alpha value is -1.75. The van der Waals surface area contributed by atoms with Gasteiger partial charge in [0, 0.05) is 24.0 Å². The number of hydrogen-bond acceptors (Lipinski definition) is 3. The average molecular weight is 312 g/mol. The molecule has 0 radical (unpaired) electrons. The monoisotopic (exact) mass is 311 g/mol. The lowest BCUT2D eigenvalue weighted by Gasteiger charge is -2.35. The molecule has 1 aliphatic rings. The second kappa shape index (κ2) is 6.80. The zero-order valence-corrected chi connectivity index (χ0v) is 12.3. The van der Waals surface area contributed by atoms with Crippen molar-refractivity contribution in [3.63, 3.8) is 0 Å². The van der Waals surface area contributed by atoms with Gasteiger partial charge in [0.2, 0.25) is 0 Å². The summed E-state index contributed by atoms with van der Waals surface area (Å²) < 4.78 is 0. The van der Waals surface area contributed by atoms with Crippen molar-refractivity contribution in [2.45, 2.75) is 38.1 Å². The Morgan fingerprint density at radius 3 is 2.81 bits per heavy atom. The summed E-state index contributed by atoms with van der Waals surface area (Å²) >= 11 is 5.88. The van der Waals surface area contributed by atoms with E-state index in [9.17, 15) is 14.7 Å². The number of halogens is 1. The number of phenolic OH excluding ortho intramolecular Hbond substituents is 1. The first-order valence-corrected chi connectivity index (χ1v) is 7.38. The summed E-state index contributed by atoms with van der Waals surface area (Å²) in [5, 5.41) is 19.0. The number of carboxylic acid groups (broad SMARTS) is 1. The minimum Gasteiger partial charge on any atom is -0.507 e. The standard InChI is InChI=1S/C15H18ClNO4/c16-10-4-6-13(18)12(9-10)15(21)17-8-2-1-3-11(17)5-7-14(19)20/h4,6,9,11,18H,1-3,5,7-8H2,(H,19,20). The molecule has 2 N–H and O–H groups in total. The fourth-order valence-corrected chi connectivity index (χ4v) is 2.86. The number of nitrogens with zero attached hydrogens (tertiary/aromatic N) is 1. The van der Waals surface area contributed by atoms with Crippen LogP contribution in [0.4, 0.5) is 0 Å². The van der Waals surface area contributed by atoms with Gasteiger partial charge in [-0.1, -0.05) is 11.6 Å². The van der Waals surface area contributed by atoms with Crippen LogP contribution in [0.15, 0.2) is 18.2 Å². The molecule has 1 amide bonds. The van der Waals surface area contributed by atoms with Crippen LogP contribution in [-0.4, -0.2) is 39.6 Å². The van der Waals surface area contributed by atoms with E-state index in [4.69, 9.17) is 16.7 Å². The number of aliphatic carboxylic acids is 1. The van der Waals surface area contributed by atoms with E-state index in [0.717, 1.165) is 19.3 Å². The number of amides is 1. The number of hydrogen-bond donors (Lipinski definition) is 2. The molecule has 1 aromatic carbocycles. The molecule has 1 aromatic rings. The molecule has 2 rings (SSSR count). The number of carboxylic acids is 1. The van der Waals surface area contributed by atoms with Gasteiger partial charge in [-0.15, -0.1) is 0 Å². The first-order chi connectivity index (χ1) is 9.99. The minimum atomic E-state index is -0.862. The molecule has 0 bridgehead atoms. The van der Waals surface area contributed by atoms with Crippen LogP contribution < -0.4 is 0 Å². The zero-order valence-electron chi connectivity index (χ0n) is 11.6. The maximum atomic E-state index is 12.6. The van der Waals surface area contributed by atoms with Crippen LogP contribution in [0.25, 0.3) is 0 Å². The van der Waals surface area contributed by atoms with Gasteiger partial charge in [0.05, 0.1) is 5.56 Å². The van der Waals surface area contributed by atoms with E-state index < -0.39 is 5.97 Å². The lowest BCUT2D eigenvalue weighted by Crippen LogP contribution is -2.44. The number of carbonyl (C=O) groups is 2. The zero-order chi connectivity index (χ0) is 15.4. The molecular weight excluding hydrogens is 294 g/mol. The van der Waals surface area contributed by atoms with Crippen LogP contribution in [0.1, 0.15) is 42.5 Å². The molecule has 1 atom stereocenters. The van der Waals surface area contributed by atoms with Crippen molar-refractivity contribution >= 4 is 23.5 Å². The number of likely N-dealkylation sites (tertiary alicyclic amines) is 1. The average Bonchev–Trinajstić information content (AvgIpc) is 2.47. The van der Waals surface area contributed by atoms with Crippen LogP contribution in [0, 0.1) is 0 Å². The van der Waals surface area contributed by atoms with Gasteiger partial charge < -0.3 is 15.1 Å². The van der Waals surface area contributed by atoms with E-state index in [2.05, 4.69) is 0 Å². The molecule has 0 spiro atoms. The topological polar surface area (TPSA) is 77.8 Å². The highest BCUT2D eigenvalue weighted by Crippen LogP contribution is 2.27. The highest BCUT2D eigenvalue weighted by molar-refractivity contribution is 6.31. The highest BCUT2D eigenvalue weighted by atomic mass is 35.5. The van der Waals surface area contributed by atoms with E-state index in [1.54, 1.807) is 4.90 Å². The number of rotatable bonds is 4. The van der Waals surface area contributed by atoms with E-state index in [1.807, 2.05) is 0 Å². The van der Waals surface area contributed by atoms with Gasteiger partial charge in [-0.25, -0.2) is 0 Å². The van der Waals surface area contributed by atoms with Crippen molar-refractivity contribution in [2.75, 3.05) is 6.54 Å². The first-order valence-electron chi connectivity index (χ1n) is 7.00. The van der Waals surface area contributed by atoms with Crippen molar-refractivity contribution < 1.29 is 19.8 Å². The van der Waals surface area contributed by atoms with Crippen molar-refractivity contribution in [2.24, 2.45) is 0 Å². The Kier molecular flexibility index (Phi) is 5.07. The Morgan fingerprint density at radius 2 is 2.10 bits per heavy atom. The predicted molar refractivity (Wildman–Crippen MR) is 78.7 cm³/mol. The molecule has 1 aliphatic heterocycles. The second-order valence-corrected chi connectivity index (χ2v) is 5.68. The molecule has 6 heteroatoms. The van der Waals surface area contributed by atoms with Gasteiger partial charge in [-0.2, -0.15) is 0 Å². The maximum Gasteiger partial charge on any atom is 0.303 e. The van der Waals surface area contributed by atoms with Crippen molar-refractivity contribution in [3.8, 4) is 5.75 Å². The molecule has 1 heterocycles. The molecule has 0 aromatic heterocycles. The largest absolute Gasteiger partial charge is 0.507 e. The summed E-state index contributed by atoms with van der Waals surface area (Å²) in [4.78, 5) is 25.0. The quantitative estimate of drug-likeness (QED) is 0.896. The fourth-order valence-electron chi connectivity index (χ4n) is 2.69. The number of aromatic hydroxyl groups is 1. The van der Waals surface area contributed by atoms with Gasteiger partial charge in [-0.3, -0.25) is 9.59 Å². The summed E-state index contributed by atoms with van der Waals surface area (Å²) in [7, 11) is 0. The third-order valence-corrected chi connectivity index (χ3v) is 4.00. The fraction of sp³-hybridized carbons (Fsp3) is 0.467. The predicted octanol–water partition coefficient (Wildman–Crippen LogP) is 2.91. The lowest BCUT2D eigenvalue weighted by molar-refractivity contribution is -0.137. The summed E-state index contributed by atoms with van der Waals surface area (Å²) in [5.74, 6) is -1.25. The Balaban J connectivity index is 2.18. The van der Waals surface area contributed by atoms with E-state index in [1.165, 1.54) is 18.2 Å². The van der Waals surface area contributed by atoms with E-state index in [0.29, 0.717) is 18.0 Å². The summed E-state index contributed by atoms with van der Waals surface area (Å²) in [6.07, 6.45) is 3.13. The molecule has 1 saturated heterocycles. The minimum absolute atomic E-state index is 0.0377. The van der Waals surface area contributed by atoms with E-state index in [-0.39, 0.29) is 29.7 Å². The third kappa shape index (κ3) is 3.88. The molecule has 1 unspecified atom stereocenters. The van der Waals surface area contributed by atoms with Crippen molar-refractivity contribution in [1.82, 2.24) is 4.90 Å². The highest BCUT2D eigenvalue weighted by Gasteiger charge is 2.29. The molecule has 1 fully saturated rings. The summed E-state index contributed by atoms with van der Waals surface area (Å²) in [6, 6.07) is 4.26. The van der Waals surface area contributed by atoms with Gasteiger partial charge in [-0.05, 0) is 43.9 Å². The van der Waals surface area contributed by atoms with Gasteiger partial charge in [0.25, 0.3) is 5.91 Å². The molecule has 114 valence electrons. The summed E-state index contributed by atoms with van der Waals surface area (Å²) in [5.41, 5.74) is 0.171. The SMILES string of the molecule is O=C(O)CCC1CCCCN1C(=O)c1cc(Cl)ccc1O. The van der Waals surface area contributed by atoms with Crippen LogP contribution >= 0.6 is 11.6 Å².